The van der Waals surface area contributed by atoms with Crippen molar-refractivity contribution in [2.75, 3.05) is 18.8 Å². The molecule has 9 nitrogen and oxygen atoms in total. The van der Waals surface area contributed by atoms with E-state index in [1.165, 1.54) is 12.1 Å². The normalized spacial score (nSPS) is 12.7. The Morgan fingerprint density at radius 2 is 1.70 bits per heavy atom. The van der Waals surface area contributed by atoms with Gasteiger partial charge in [0.25, 0.3) is 15.9 Å². The summed E-state index contributed by atoms with van der Waals surface area (Å²) in [5.74, 6) is -1.31. The molecule has 46 heavy (non-hydrogen) atoms. The number of sulfonamides is 1. The lowest BCUT2D eigenvalue weighted by molar-refractivity contribution is -0.132. The van der Waals surface area contributed by atoms with Gasteiger partial charge >= 0.3 is 0 Å². The lowest BCUT2D eigenvalue weighted by Gasteiger charge is -2.24. The second-order valence-electron chi connectivity index (χ2n) is 10.9. The summed E-state index contributed by atoms with van der Waals surface area (Å²) in [5, 5.41) is 13.3. The molecule has 0 bridgehead atoms. The summed E-state index contributed by atoms with van der Waals surface area (Å²) in [6, 6.07) is 18.5. The number of hydrogen-bond donors (Lipinski definition) is 4. The van der Waals surface area contributed by atoms with E-state index < -0.39 is 22.0 Å². The molecule has 0 aliphatic heterocycles. The molecule has 13 heteroatoms. The summed E-state index contributed by atoms with van der Waals surface area (Å²) in [4.78, 5) is 39.5. The number of hydrogen-bond acceptors (Lipinski definition) is 7. The van der Waals surface area contributed by atoms with Gasteiger partial charge in [-0.15, -0.1) is 0 Å². The molecular formula is C33H39Cl2N3O6S2. The first-order valence-electron chi connectivity index (χ1n) is 14.9. The Balaban J connectivity index is 1.75. The molecule has 0 saturated carbocycles. The van der Waals surface area contributed by atoms with Crippen molar-refractivity contribution >= 4 is 63.6 Å². The molecule has 3 amide bonds. The average molecular weight is 709 g/mol. The highest BCUT2D eigenvalue weighted by Gasteiger charge is 2.25. The molecular weight excluding hydrogens is 669 g/mol. The van der Waals surface area contributed by atoms with Gasteiger partial charge in [-0.1, -0.05) is 79.0 Å². The minimum absolute atomic E-state index is 0.0636. The van der Waals surface area contributed by atoms with Crippen LogP contribution in [0.15, 0.2) is 71.6 Å². The van der Waals surface area contributed by atoms with Crippen LogP contribution >= 0.6 is 35.8 Å². The Labute approximate surface area is 286 Å². The van der Waals surface area contributed by atoms with Crippen molar-refractivity contribution in [3.63, 3.8) is 0 Å². The van der Waals surface area contributed by atoms with Crippen LogP contribution in [0.25, 0.3) is 11.1 Å². The molecule has 3 rings (SSSR count). The van der Waals surface area contributed by atoms with Gasteiger partial charge in [-0.25, -0.2) is 13.1 Å². The van der Waals surface area contributed by atoms with Crippen molar-refractivity contribution in [3.05, 3.63) is 87.9 Å². The molecule has 3 N–H and O–H groups in total. The highest BCUT2D eigenvalue weighted by Crippen LogP contribution is 2.33. The molecule has 248 valence electrons. The number of carbonyl (C=O) groups is 3. The highest BCUT2D eigenvalue weighted by atomic mass is 35.5. The minimum atomic E-state index is -4.31. The number of nitrogens with one attached hydrogen (secondary N) is 2. The molecule has 2 atom stereocenters. The smallest absolute Gasteiger partial charge is 0.264 e. The van der Waals surface area contributed by atoms with E-state index in [-0.39, 0.29) is 52.8 Å². The quantitative estimate of drug-likeness (QED) is 0.150. The Kier molecular flexibility index (Phi) is 14.4. The van der Waals surface area contributed by atoms with E-state index in [0.29, 0.717) is 34.7 Å². The Bertz CT molecular complexity index is 1640. The maximum atomic E-state index is 13.1. The first-order chi connectivity index (χ1) is 21.9. The van der Waals surface area contributed by atoms with Crippen molar-refractivity contribution < 1.29 is 27.9 Å². The number of thiol groups is 1. The standard InChI is InChI=1S/C33H39Cl2N3O6S2/c1-3-4-12-31(40)38(16-15-36-33(42)25(21-45)17-23-8-7-9-26(34)18-23)20-24-13-14-27(29(35)19-24)28-10-5-6-11-30(28)46(43,44)37-32(41)22(2)39/h5-11,13-14,18-19,22,25,39,45H,3-4,12,15-17,20-21H2,1-2H3,(H,36,42)(H,37,41)/t22-,25+/m0/s1. The van der Waals surface area contributed by atoms with E-state index in [4.69, 9.17) is 23.2 Å². The van der Waals surface area contributed by atoms with Crippen molar-refractivity contribution in [1.82, 2.24) is 14.9 Å². The number of rotatable bonds is 16. The van der Waals surface area contributed by atoms with Gasteiger partial charge in [0.05, 0.1) is 10.8 Å². The van der Waals surface area contributed by atoms with Crippen LogP contribution in [0.2, 0.25) is 10.0 Å². The monoisotopic (exact) mass is 707 g/mol. The zero-order valence-corrected chi connectivity index (χ0v) is 28.9. The summed E-state index contributed by atoms with van der Waals surface area (Å²) in [7, 11) is -4.31. The van der Waals surface area contributed by atoms with Gasteiger partial charge in [0, 0.05) is 53.0 Å². The molecule has 0 fully saturated rings. The first kappa shape index (κ1) is 37.4. The third-order valence-corrected chi connectivity index (χ3v) is 9.62. The number of aliphatic hydroxyl groups is 1. The lowest BCUT2D eigenvalue weighted by Crippen LogP contribution is -2.40. The van der Waals surface area contributed by atoms with Crippen molar-refractivity contribution in [2.45, 2.75) is 57.1 Å². The predicted molar refractivity (Wildman–Crippen MR) is 184 cm³/mol. The van der Waals surface area contributed by atoms with Crippen LogP contribution in [0.5, 0.6) is 0 Å². The minimum Gasteiger partial charge on any atom is -0.384 e. The SMILES string of the molecule is CCCCC(=O)N(CCNC(=O)[C@@H](CS)Cc1cccc(Cl)c1)Cc1ccc(-c2ccccc2S(=O)(=O)NC(=O)[C@H](C)O)c(Cl)c1. The van der Waals surface area contributed by atoms with E-state index in [9.17, 15) is 27.9 Å². The van der Waals surface area contributed by atoms with E-state index in [0.717, 1.165) is 25.3 Å². The van der Waals surface area contributed by atoms with Crippen LogP contribution in [0.3, 0.4) is 0 Å². The molecule has 0 heterocycles. The van der Waals surface area contributed by atoms with Gasteiger partial charge < -0.3 is 15.3 Å². The fourth-order valence-corrected chi connectivity index (χ4v) is 6.80. The number of amides is 3. The topological polar surface area (TPSA) is 133 Å². The Hall–Kier alpha value is -3.09. The highest BCUT2D eigenvalue weighted by molar-refractivity contribution is 7.90. The molecule has 0 unspecified atom stereocenters. The molecule has 3 aromatic rings. The van der Waals surface area contributed by atoms with E-state index >= 15 is 0 Å². The van der Waals surface area contributed by atoms with Gasteiger partial charge in [-0.3, -0.25) is 14.4 Å². The number of unbranched alkanes of at least 4 members (excludes halogenated alkanes) is 1. The summed E-state index contributed by atoms with van der Waals surface area (Å²) in [6.07, 6.45) is 0.897. The van der Waals surface area contributed by atoms with Gasteiger partial charge in [-0.05, 0) is 55.2 Å². The lowest BCUT2D eigenvalue weighted by atomic mass is 10.0. The zero-order chi connectivity index (χ0) is 33.9. The van der Waals surface area contributed by atoms with E-state index in [1.54, 1.807) is 41.3 Å². The summed E-state index contributed by atoms with van der Waals surface area (Å²) >= 11 is 17.1. The fraction of sp³-hybridized carbons (Fsp3) is 0.364. The summed E-state index contributed by atoms with van der Waals surface area (Å²) in [6.45, 7) is 3.90. The number of nitrogens with zero attached hydrogens (tertiary/aromatic N) is 1. The third kappa shape index (κ3) is 10.7. The number of carbonyl (C=O) groups excluding carboxylic acids is 3. The molecule has 0 aromatic heterocycles. The van der Waals surface area contributed by atoms with Crippen LogP contribution in [0, 0.1) is 5.92 Å². The average Bonchev–Trinajstić information content (AvgIpc) is 3.01. The van der Waals surface area contributed by atoms with Gasteiger partial charge in [-0.2, -0.15) is 12.6 Å². The van der Waals surface area contributed by atoms with Gasteiger partial charge in [0.15, 0.2) is 0 Å². The number of aliphatic hydroxyl groups excluding tert-OH is 1. The maximum absolute atomic E-state index is 13.1. The van der Waals surface area contributed by atoms with Crippen LogP contribution in [-0.4, -0.2) is 61.1 Å². The largest absolute Gasteiger partial charge is 0.384 e. The maximum Gasteiger partial charge on any atom is 0.264 e. The van der Waals surface area contributed by atoms with E-state index in [2.05, 4.69) is 17.9 Å². The second kappa shape index (κ2) is 17.7. The van der Waals surface area contributed by atoms with Crippen LogP contribution in [0.1, 0.15) is 44.2 Å². The third-order valence-electron chi connectivity index (χ3n) is 7.23. The van der Waals surface area contributed by atoms with Gasteiger partial charge in [0.1, 0.15) is 6.10 Å². The number of halogens is 2. The Morgan fingerprint density at radius 1 is 0.957 bits per heavy atom. The first-order valence-corrected chi connectivity index (χ1v) is 17.8. The summed E-state index contributed by atoms with van der Waals surface area (Å²) in [5.41, 5.74) is 2.31. The van der Waals surface area contributed by atoms with Crippen LogP contribution in [-0.2, 0) is 37.4 Å². The molecule has 0 radical (unpaired) electrons. The second-order valence-corrected chi connectivity index (χ2v) is 13.7. The van der Waals surface area contributed by atoms with Crippen LogP contribution < -0.4 is 10.0 Å². The fourth-order valence-electron chi connectivity index (χ4n) is 4.72. The summed E-state index contributed by atoms with van der Waals surface area (Å²) < 4.78 is 27.8. The van der Waals surface area contributed by atoms with Crippen molar-refractivity contribution in [1.29, 1.82) is 0 Å². The van der Waals surface area contributed by atoms with E-state index in [1.807, 2.05) is 29.8 Å². The molecule has 0 aliphatic carbocycles. The zero-order valence-electron chi connectivity index (χ0n) is 25.7. The van der Waals surface area contributed by atoms with Crippen molar-refractivity contribution in [2.24, 2.45) is 5.92 Å². The molecule has 0 saturated heterocycles. The number of benzene rings is 3. The molecule has 0 spiro atoms. The van der Waals surface area contributed by atoms with Crippen LogP contribution in [0.4, 0.5) is 0 Å². The van der Waals surface area contributed by atoms with Gasteiger partial charge in [0.2, 0.25) is 11.8 Å². The molecule has 0 aliphatic rings. The molecule has 3 aromatic carbocycles. The van der Waals surface area contributed by atoms with Crippen molar-refractivity contribution in [3.8, 4) is 11.1 Å². The predicted octanol–water partition coefficient (Wildman–Crippen LogP) is 5.27. The Morgan fingerprint density at radius 3 is 2.35 bits per heavy atom.